The first-order valence-corrected chi connectivity index (χ1v) is 6.39. The van der Waals surface area contributed by atoms with Crippen LogP contribution in [0.1, 0.15) is 25.1 Å². The highest BCUT2D eigenvalue weighted by molar-refractivity contribution is 5.25. The summed E-state index contributed by atoms with van der Waals surface area (Å²) in [6.45, 7) is 1.91. The molecule has 3 nitrogen and oxygen atoms in total. The summed E-state index contributed by atoms with van der Waals surface area (Å²) in [7, 11) is 0. The lowest BCUT2D eigenvalue weighted by molar-refractivity contribution is 0.165. The highest BCUT2D eigenvalue weighted by Crippen LogP contribution is 2.25. The summed E-state index contributed by atoms with van der Waals surface area (Å²) in [6, 6.07) is 8.09. The number of ether oxygens (including phenoxy) is 1. The Bertz CT molecular complexity index is 543. The van der Waals surface area contributed by atoms with Gasteiger partial charge in [0.2, 0.25) is 0 Å². The van der Waals surface area contributed by atoms with E-state index < -0.39 is 17.7 Å². The molecule has 0 aliphatic carbocycles. The van der Waals surface area contributed by atoms with Crippen molar-refractivity contribution in [3.8, 4) is 5.75 Å². The number of aromatic nitrogens is 1. The summed E-state index contributed by atoms with van der Waals surface area (Å²) in [6.07, 6.45) is 1.72. The molecule has 1 heterocycles. The van der Waals surface area contributed by atoms with Crippen LogP contribution in [0.5, 0.6) is 5.75 Å². The zero-order chi connectivity index (χ0) is 14.5. The molecule has 2 rings (SSSR count). The minimum Gasteiger partial charge on any atom is -0.482 e. The van der Waals surface area contributed by atoms with Crippen LogP contribution >= 0.6 is 0 Å². The zero-order valence-corrected chi connectivity index (χ0v) is 11.1. The maximum absolute atomic E-state index is 13.2. The van der Waals surface area contributed by atoms with E-state index in [0.717, 1.165) is 18.2 Å². The molecule has 2 aromatic rings. The molecule has 2 unspecified atom stereocenters. The van der Waals surface area contributed by atoms with Gasteiger partial charge < -0.3 is 10.5 Å². The molecular formula is C15H16F2N2O. The van der Waals surface area contributed by atoms with E-state index in [4.69, 9.17) is 10.5 Å². The summed E-state index contributed by atoms with van der Waals surface area (Å²) in [5.41, 5.74) is 6.65. The smallest absolute Gasteiger partial charge is 0.155 e. The molecular weight excluding hydrogens is 262 g/mol. The van der Waals surface area contributed by atoms with Crippen molar-refractivity contribution in [2.24, 2.45) is 5.73 Å². The summed E-state index contributed by atoms with van der Waals surface area (Å²) in [5.74, 6) is -1.28. The first-order chi connectivity index (χ1) is 9.60. The molecule has 5 heteroatoms. The molecule has 1 aromatic carbocycles. The van der Waals surface area contributed by atoms with Gasteiger partial charge in [-0.3, -0.25) is 4.98 Å². The standard InChI is InChI=1S/C15H16F2N2O/c1-2-13(18)15(14-5-3-4-6-19-14)20-12-8-10(16)7-11(17)9-12/h3-9,13,15H,2,18H2,1H3. The molecule has 0 spiro atoms. The van der Waals surface area contributed by atoms with Crippen LogP contribution < -0.4 is 10.5 Å². The first kappa shape index (κ1) is 14.4. The Morgan fingerprint density at radius 1 is 1.20 bits per heavy atom. The van der Waals surface area contributed by atoms with E-state index in [2.05, 4.69) is 4.98 Å². The van der Waals surface area contributed by atoms with E-state index in [1.165, 1.54) is 0 Å². The van der Waals surface area contributed by atoms with Crippen LogP contribution in [-0.4, -0.2) is 11.0 Å². The molecule has 0 amide bonds. The van der Waals surface area contributed by atoms with Crippen molar-refractivity contribution in [1.82, 2.24) is 4.98 Å². The van der Waals surface area contributed by atoms with Gasteiger partial charge >= 0.3 is 0 Å². The fraction of sp³-hybridized carbons (Fsp3) is 0.267. The molecule has 2 atom stereocenters. The molecule has 0 saturated heterocycles. The third kappa shape index (κ3) is 3.51. The minimum absolute atomic E-state index is 0.0991. The van der Waals surface area contributed by atoms with Crippen LogP contribution in [0.15, 0.2) is 42.6 Å². The predicted molar refractivity (Wildman–Crippen MR) is 72.2 cm³/mol. The zero-order valence-electron chi connectivity index (χ0n) is 11.1. The monoisotopic (exact) mass is 278 g/mol. The van der Waals surface area contributed by atoms with E-state index in [-0.39, 0.29) is 11.8 Å². The van der Waals surface area contributed by atoms with Crippen molar-refractivity contribution in [1.29, 1.82) is 0 Å². The lowest BCUT2D eigenvalue weighted by atomic mass is 10.1. The summed E-state index contributed by atoms with van der Waals surface area (Å²) in [5, 5.41) is 0. The lowest BCUT2D eigenvalue weighted by Gasteiger charge is -2.23. The Balaban J connectivity index is 2.28. The number of hydrogen-bond donors (Lipinski definition) is 1. The van der Waals surface area contributed by atoms with E-state index >= 15 is 0 Å². The third-order valence-corrected chi connectivity index (χ3v) is 2.94. The maximum atomic E-state index is 13.2. The maximum Gasteiger partial charge on any atom is 0.155 e. The quantitative estimate of drug-likeness (QED) is 0.913. The van der Waals surface area contributed by atoms with Gasteiger partial charge in [-0.05, 0) is 18.6 Å². The second kappa shape index (κ2) is 6.43. The number of rotatable bonds is 5. The Hall–Kier alpha value is -2.01. The van der Waals surface area contributed by atoms with Crippen LogP contribution in [0.25, 0.3) is 0 Å². The molecule has 2 N–H and O–H groups in total. The first-order valence-electron chi connectivity index (χ1n) is 6.39. The third-order valence-electron chi connectivity index (χ3n) is 2.94. The lowest BCUT2D eigenvalue weighted by Crippen LogP contribution is -2.32. The molecule has 0 fully saturated rings. The number of hydrogen-bond acceptors (Lipinski definition) is 3. The average molecular weight is 278 g/mol. The SMILES string of the molecule is CCC(N)C(Oc1cc(F)cc(F)c1)c1ccccn1. The van der Waals surface area contributed by atoms with E-state index in [0.29, 0.717) is 12.1 Å². The van der Waals surface area contributed by atoms with Gasteiger partial charge in [-0.2, -0.15) is 0 Å². The molecule has 0 aliphatic heterocycles. The molecule has 1 aromatic heterocycles. The minimum atomic E-state index is -0.690. The van der Waals surface area contributed by atoms with Gasteiger partial charge in [0.1, 0.15) is 17.4 Å². The Labute approximate surface area is 116 Å². The largest absolute Gasteiger partial charge is 0.482 e. The van der Waals surface area contributed by atoms with Gasteiger partial charge in [0.05, 0.1) is 5.69 Å². The van der Waals surface area contributed by atoms with Crippen LogP contribution in [0.3, 0.4) is 0 Å². The van der Waals surface area contributed by atoms with Gasteiger partial charge in [0.25, 0.3) is 0 Å². The number of benzene rings is 1. The molecule has 0 bridgehead atoms. The second-order valence-electron chi connectivity index (χ2n) is 4.47. The van der Waals surface area contributed by atoms with E-state index in [1.807, 2.05) is 13.0 Å². The van der Waals surface area contributed by atoms with Crippen molar-refractivity contribution >= 4 is 0 Å². The van der Waals surface area contributed by atoms with Crippen LogP contribution in [-0.2, 0) is 0 Å². The topological polar surface area (TPSA) is 48.1 Å². The van der Waals surface area contributed by atoms with E-state index in [9.17, 15) is 8.78 Å². The van der Waals surface area contributed by atoms with Gasteiger partial charge in [-0.15, -0.1) is 0 Å². The Kier molecular flexibility index (Phi) is 4.63. The molecule has 0 aliphatic rings. The number of pyridine rings is 1. The summed E-state index contributed by atoms with van der Waals surface area (Å²) < 4.78 is 32.0. The number of halogens is 2. The normalized spacial score (nSPS) is 13.8. The van der Waals surface area contributed by atoms with Crippen LogP contribution in [0, 0.1) is 11.6 Å². The van der Waals surface area contributed by atoms with Crippen LogP contribution in [0.2, 0.25) is 0 Å². The number of nitrogens with two attached hydrogens (primary N) is 1. The molecule has 0 radical (unpaired) electrons. The molecule has 0 saturated carbocycles. The summed E-state index contributed by atoms with van der Waals surface area (Å²) >= 11 is 0. The fourth-order valence-corrected chi connectivity index (χ4v) is 1.87. The highest BCUT2D eigenvalue weighted by Gasteiger charge is 2.22. The van der Waals surface area contributed by atoms with Gasteiger partial charge in [-0.25, -0.2) is 8.78 Å². The molecule has 20 heavy (non-hydrogen) atoms. The Morgan fingerprint density at radius 2 is 1.90 bits per heavy atom. The highest BCUT2D eigenvalue weighted by atomic mass is 19.1. The second-order valence-corrected chi connectivity index (χ2v) is 4.47. The Morgan fingerprint density at radius 3 is 2.45 bits per heavy atom. The fourth-order valence-electron chi connectivity index (χ4n) is 1.87. The molecule has 106 valence electrons. The van der Waals surface area contributed by atoms with Crippen molar-refractivity contribution < 1.29 is 13.5 Å². The van der Waals surface area contributed by atoms with Crippen molar-refractivity contribution in [2.75, 3.05) is 0 Å². The number of nitrogens with zero attached hydrogens (tertiary/aromatic N) is 1. The van der Waals surface area contributed by atoms with Crippen molar-refractivity contribution in [2.45, 2.75) is 25.5 Å². The summed E-state index contributed by atoms with van der Waals surface area (Å²) in [4.78, 5) is 4.20. The van der Waals surface area contributed by atoms with Gasteiger partial charge in [0.15, 0.2) is 6.10 Å². The van der Waals surface area contributed by atoms with Crippen LogP contribution in [0.4, 0.5) is 8.78 Å². The van der Waals surface area contributed by atoms with Crippen molar-refractivity contribution in [3.63, 3.8) is 0 Å². The van der Waals surface area contributed by atoms with Crippen molar-refractivity contribution in [3.05, 3.63) is 59.9 Å². The average Bonchev–Trinajstić information content (AvgIpc) is 2.44. The predicted octanol–water partition coefficient (Wildman–Crippen LogP) is 3.22. The van der Waals surface area contributed by atoms with Gasteiger partial charge in [-0.1, -0.05) is 13.0 Å². The van der Waals surface area contributed by atoms with E-state index in [1.54, 1.807) is 18.3 Å². The van der Waals surface area contributed by atoms with Gasteiger partial charge in [0, 0.05) is 30.4 Å².